The zero-order chi connectivity index (χ0) is 8.55. The van der Waals surface area contributed by atoms with Gasteiger partial charge in [-0.3, -0.25) is 5.10 Å². The SMILES string of the molecule is Cc1noc(C)c1-c1cn[nH]c1.Cl. The molecule has 0 bridgehead atoms. The van der Waals surface area contributed by atoms with Crippen molar-refractivity contribution in [2.75, 3.05) is 0 Å². The van der Waals surface area contributed by atoms with E-state index in [9.17, 15) is 0 Å². The van der Waals surface area contributed by atoms with Gasteiger partial charge in [0, 0.05) is 11.8 Å². The standard InChI is InChI=1S/C8H9N3O.ClH/c1-5-8(6(2)12-11-5)7-3-9-10-4-7;/h3-4H,1-2H3,(H,9,10);1H. The van der Waals surface area contributed by atoms with Crippen molar-refractivity contribution in [1.82, 2.24) is 15.4 Å². The number of aryl methyl sites for hydroxylation is 2. The highest BCUT2D eigenvalue weighted by atomic mass is 35.5. The summed E-state index contributed by atoms with van der Waals surface area (Å²) in [5.41, 5.74) is 2.95. The second-order valence-electron chi connectivity index (χ2n) is 2.69. The zero-order valence-corrected chi connectivity index (χ0v) is 8.18. The molecule has 0 aliphatic carbocycles. The Labute approximate surface area is 81.7 Å². The van der Waals surface area contributed by atoms with Gasteiger partial charge >= 0.3 is 0 Å². The highest BCUT2D eigenvalue weighted by Crippen LogP contribution is 2.24. The van der Waals surface area contributed by atoms with Crippen molar-refractivity contribution in [2.45, 2.75) is 13.8 Å². The highest BCUT2D eigenvalue weighted by molar-refractivity contribution is 5.85. The summed E-state index contributed by atoms with van der Waals surface area (Å²) in [6, 6.07) is 0. The predicted octanol–water partition coefficient (Wildman–Crippen LogP) is 2.10. The van der Waals surface area contributed by atoms with E-state index in [2.05, 4.69) is 15.4 Å². The van der Waals surface area contributed by atoms with Crippen LogP contribution in [0.4, 0.5) is 0 Å². The first kappa shape index (κ1) is 9.80. The number of nitrogens with one attached hydrogen (secondary N) is 1. The van der Waals surface area contributed by atoms with E-state index >= 15 is 0 Å². The van der Waals surface area contributed by atoms with E-state index in [0.717, 1.165) is 22.6 Å². The van der Waals surface area contributed by atoms with E-state index in [4.69, 9.17) is 4.52 Å². The number of hydrogen-bond acceptors (Lipinski definition) is 3. The topological polar surface area (TPSA) is 54.7 Å². The van der Waals surface area contributed by atoms with Gasteiger partial charge in [-0.1, -0.05) is 5.16 Å². The van der Waals surface area contributed by atoms with Crippen LogP contribution in [-0.2, 0) is 0 Å². The molecule has 0 aromatic carbocycles. The van der Waals surface area contributed by atoms with Gasteiger partial charge in [-0.25, -0.2) is 0 Å². The lowest BCUT2D eigenvalue weighted by Gasteiger charge is -1.91. The van der Waals surface area contributed by atoms with Crippen LogP contribution >= 0.6 is 12.4 Å². The van der Waals surface area contributed by atoms with Gasteiger partial charge in [-0.15, -0.1) is 12.4 Å². The number of H-pyrrole nitrogens is 1. The maximum atomic E-state index is 5.03. The fourth-order valence-electron chi connectivity index (χ4n) is 1.28. The quantitative estimate of drug-likeness (QED) is 0.765. The van der Waals surface area contributed by atoms with Crippen molar-refractivity contribution in [3.05, 3.63) is 23.8 Å². The van der Waals surface area contributed by atoms with Gasteiger partial charge in [-0.2, -0.15) is 5.10 Å². The summed E-state index contributed by atoms with van der Waals surface area (Å²) in [7, 11) is 0. The summed E-state index contributed by atoms with van der Waals surface area (Å²) in [5.74, 6) is 0.828. The third kappa shape index (κ3) is 1.58. The van der Waals surface area contributed by atoms with Crippen LogP contribution in [0, 0.1) is 13.8 Å². The molecule has 0 amide bonds. The molecule has 2 heterocycles. The number of nitrogens with zero attached hydrogens (tertiary/aromatic N) is 2. The Morgan fingerprint density at radius 2 is 2.15 bits per heavy atom. The molecule has 1 N–H and O–H groups in total. The Kier molecular flexibility index (Phi) is 2.72. The van der Waals surface area contributed by atoms with Gasteiger partial charge in [0.25, 0.3) is 0 Å². The summed E-state index contributed by atoms with van der Waals surface area (Å²) >= 11 is 0. The first-order valence-corrected chi connectivity index (χ1v) is 3.71. The number of aromatic nitrogens is 3. The van der Waals surface area contributed by atoms with Gasteiger partial charge in [0.05, 0.1) is 17.5 Å². The Bertz CT molecular complexity index is 361. The minimum atomic E-state index is 0. The molecule has 0 aliphatic heterocycles. The van der Waals surface area contributed by atoms with E-state index < -0.39 is 0 Å². The molecule has 2 rings (SSSR count). The highest BCUT2D eigenvalue weighted by Gasteiger charge is 2.11. The molecular formula is C8H10ClN3O. The molecule has 0 radical (unpaired) electrons. The van der Waals surface area contributed by atoms with Crippen molar-refractivity contribution in [3.63, 3.8) is 0 Å². The van der Waals surface area contributed by atoms with Crippen LogP contribution in [0.1, 0.15) is 11.5 Å². The molecule has 2 aromatic heterocycles. The van der Waals surface area contributed by atoms with Crippen LogP contribution in [0.15, 0.2) is 16.9 Å². The van der Waals surface area contributed by atoms with E-state index in [-0.39, 0.29) is 12.4 Å². The summed E-state index contributed by atoms with van der Waals surface area (Å²) in [4.78, 5) is 0. The number of hydrogen-bond donors (Lipinski definition) is 1. The van der Waals surface area contributed by atoms with Crippen molar-refractivity contribution in [1.29, 1.82) is 0 Å². The molecule has 0 aliphatic rings. The van der Waals surface area contributed by atoms with Crippen LogP contribution in [0.3, 0.4) is 0 Å². The minimum Gasteiger partial charge on any atom is -0.361 e. The van der Waals surface area contributed by atoms with Crippen LogP contribution in [-0.4, -0.2) is 15.4 Å². The van der Waals surface area contributed by atoms with E-state index in [1.807, 2.05) is 20.0 Å². The molecule has 0 atom stereocenters. The Morgan fingerprint density at radius 3 is 2.62 bits per heavy atom. The lowest BCUT2D eigenvalue weighted by atomic mass is 10.1. The number of aromatic amines is 1. The maximum Gasteiger partial charge on any atom is 0.141 e. The molecule has 70 valence electrons. The third-order valence-electron chi connectivity index (χ3n) is 1.82. The predicted molar refractivity (Wildman–Crippen MR) is 50.8 cm³/mol. The molecular weight excluding hydrogens is 190 g/mol. The average Bonchev–Trinajstić information content (AvgIpc) is 2.61. The lowest BCUT2D eigenvalue weighted by molar-refractivity contribution is 0.393. The first-order chi connectivity index (χ1) is 5.79. The monoisotopic (exact) mass is 199 g/mol. The van der Waals surface area contributed by atoms with Crippen LogP contribution in [0.5, 0.6) is 0 Å². The Hall–Kier alpha value is -1.29. The maximum absolute atomic E-state index is 5.03. The van der Waals surface area contributed by atoms with E-state index in [1.165, 1.54) is 0 Å². The number of rotatable bonds is 1. The van der Waals surface area contributed by atoms with Gasteiger partial charge in [0.15, 0.2) is 0 Å². The molecule has 13 heavy (non-hydrogen) atoms. The fourth-order valence-corrected chi connectivity index (χ4v) is 1.28. The van der Waals surface area contributed by atoms with Crippen molar-refractivity contribution in [3.8, 4) is 11.1 Å². The van der Waals surface area contributed by atoms with Crippen molar-refractivity contribution in [2.24, 2.45) is 0 Å². The average molecular weight is 200 g/mol. The first-order valence-electron chi connectivity index (χ1n) is 3.71. The van der Waals surface area contributed by atoms with Gasteiger partial charge in [-0.05, 0) is 13.8 Å². The van der Waals surface area contributed by atoms with Gasteiger partial charge in [0.1, 0.15) is 5.76 Å². The Morgan fingerprint density at radius 1 is 1.38 bits per heavy atom. The number of halogens is 1. The Balaban J connectivity index is 0.000000845. The summed E-state index contributed by atoms with van der Waals surface area (Å²) in [6.07, 6.45) is 3.58. The normalized spacial score (nSPS) is 9.69. The zero-order valence-electron chi connectivity index (χ0n) is 7.37. The smallest absolute Gasteiger partial charge is 0.141 e. The molecule has 4 nitrogen and oxygen atoms in total. The molecule has 0 saturated heterocycles. The van der Waals surface area contributed by atoms with Gasteiger partial charge in [0.2, 0.25) is 0 Å². The van der Waals surface area contributed by atoms with E-state index in [0.29, 0.717) is 0 Å². The molecule has 0 unspecified atom stereocenters. The third-order valence-corrected chi connectivity index (χ3v) is 1.82. The van der Waals surface area contributed by atoms with E-state index in [1.54, 1.807) is 6.20 Å². The molecule has 0 fully saturated rings. The van der Waals surface area contributed by atoms with Gasteiger partial charge < -0.3 is 4.52 Å². The van der Waals surface area contributed by atoms with Crippen molar-refractivity contribution < 1.29 is 4.52 Å². The molecule has 0 saturated carbocycles. The van der Waals surface area contributed by atoms with Crippen LogP contribution < -0.4 is 0 Å². The summed E-state index contributed by atoms with van der Waals surface area (Å²) in [6.45, 7) is 3.81. The molecule has 5 heteroatoms. The minimum absolute atomic E-state index is 0. The lowest BCUT2D eigenvalue weighted by Crippen LogP contribution is -1.77. The fraction of sp³-hybridized carbons (Fsp3) is 0.250. The van der Waals surface area contributed by atoms with Crippen LogP contribution in [0.2, 0.25) is 0 Å². The largest absolute Gasteiger partial charge is 0.361 e. The van der Waals surface area contributed by atoms with Crippen molar-refractivity contribution >= 4 is 12.4 Å². The second kappa shape index (κ2) is 3.62. The molecule has 0 spiro atoms. The van der Waals surface area contributed by atoms with Crippen LogP contribution in [0.25, 0.3) is 11.1 Å². The summed E-state index contributed by atoms with van der Waals surface area (Å²) in [5, 5.41) is 10.5. The summed E-state index contributed by atoms with van der Waals surface area (Å²) < 4.78 is 5.03. The molecule has 2 aromatic rings. The second-order valence-corrected chi connectivity index (χ2v) is 2.69.